The number of hydrogen-bond donors (Lipinski definition) is 3. The van der Waals surface area contributed by atoms with Crippen molar-refractivity contribution in [2.45, 2.75) is 19.9 Å². The minimum atomic E-state index is -0.184. The summed E-state index contributed by atoms with van der Waals surface area (Å²) in [6.45, 7) is 4.55. The summed E-state index contributed by atoms with van der Waals surface area (Å²) in [6.07, 6.45) is 0.885. The lowest BCUT2D eigenvalue weighted by Crippen LogP contribution is -2.34. The second-order valence-electron chi connectivity index (χ2n) is 7.16. The third-order valence-corrected chi connectivity index (χ3v) is 5.91. The predicted octanol–water partition coefficient (Wildman–Crippen LogP) is 2.08. The maximum atomic E-state index is 12.3. The van der Waals surface area contributed by atoms with Crippen molar-refractivity contribution in [1.29, 1.82) is 0 Å². The number of thiazole rings is 1. The van der Waals surface area contributed by atoms with Crippen LogP contribution in [0.4, 0.5) is 0 Å². The number of fused-ring (bicyclic) bond motifs is 2. The molecule has 0 aliphatic carbocycles. The first-order valence-electron chi connectivity index (χ1n) is 9.32. The molecule has 0 saturated heterocycles. The molecule has 146 valence electrons. The molecule has 1 aliphatic rings. The molecule has 0 fully saturated rings. The molecule has 1 aromatic carbocycles. The lowest BCUT2D eigenvalue weighted by molar-refractivity contribution is 0.0925. The number of benzene rings is 1. The van der Waals surface area contributed by atoms with Crippen molar-refractivity contribution in [2.75, 3.05) is 26.7 Å². The summed E-state index contributed by atoms with van der Waals surface area (Å²) in [4.78, 5) is 35.6. The maximum absolute atomic E-state index is 12.3. The van der Waals surface area contributed by atoms with Crippen LogP contribution >= 0.6 is 11.3 Å². The van der Waals surface area contributed by atoms with Crippen LogP contribution < -0.4 is 10.6 Å². The number of aromatic nitrogens is 2. The molecule has 1 aliphatic heterocycles. The van der Waals surface area contributed by atoms with Crippen LogP contribution in [-0.4, -0.2) is 53.4 Å². The second kappa shape index (κ2) is 7.73. The molecule has 0 saturated carbocycles. The van der Waals surface area contributed by atoms with Gasteiger partial charge in [-0.2, -0.15) is 0 Å². The molecule has 2 aromatic heterocycles. The van der Waals surface area contributed by atoms with Crippen LogP contribution in [0.2, 0.25) is 0 Å². The number of amides is 2. The van der Waals surface area contributed by atoms with Gasteiger partial charge in [0, 0.05) is 48.4 Å². The summed E-state index contributed by atoms with van der Waals surface area (Å²) in [6, 6.07) is 7.85. The summed E-state index contributed by atoms with van der Waals surface area (Å²) in [5, 5.41) is 7.17. The minimum absolute atomic E-state index is 0.183. The van der Waals surface area contributed by atoms with E-state index in [9.17, 15) is 9.59 Å². The molecule has 7 nitrogen and oxygen atoms in total. The van der Waals surface area contributed by atoms with E-state index in [0.717, 1.165) is 41.7 Å². The van der Waals surface area contributed by atoms with Gasteiger partial charge in [0.1, 0.15) is 5.69 Å². The Morgan fingerprint density at radius 2 is 2.00 bits per heavy atom. The number of likely N-dealkylation sites (N-methyl/N-ethyl adjacent to an activating group) is 1. The van der Waals surface area contributed by atoms with Gasteiger partial charge in [-0.25, -0.2) is 4.98 Å². The number of nitrogens with one attached hydrogen (secondary N) is 3. The van der Waals surface area contributed by atoms with Gasteiger partial charge in [-0.15, -0.1) is 11.3 Å². The van der Waals surface area contributed by atoms with Crippen molar-refractivity contribution >= 4 is 34.1 Å². The average Bonchev–Trinajstić information content (AvgIpc) is 3.28. The Bertz CT molecular complexity index is 1040. The van der Waals surface area contributed by atoms with Crippen molar-refractivity contribution in [3.63, 3.8) is 0 Å². The van der Waals surface area contributed by atoms with E-state index < -0.39 is 0 Å². The number of rotatable bonds is 5. The van der Waals surface area contributed by atoms with Crippen LogP contribution in [0.3, 0.4) is 0 Å². The lowest BCUT2D eigenvalue weighted by atomic mass is 10.2. The smallest absolute Gasteiger partial charge is 0.280 e. The number of nitrogens with zero attached hydrogens (tertiary/aromatic N) is 2. The Morgan fingerprint density at radius 3 is 2.82 bits per heavy atom. The summed E-state index contributed by atoms with van der Waals surface area (Å²) in [7, 11) is 2.07. The molecule has 0 bridgehead atoms. The fourth-order valence-electron chi connectivity index (χ4n) is 3.32. The van der Waals surface area contributed by atoms with Crippen LogP contribution in [0.5, 0.6) is 0 Å². The van der Waals surface area contributed by atoms with E-state index in [1.165, 1.54) is 16.2 Å². The molecule has 0 unspecified atom stereocenters. The van der Waals surface area contributed by atoms with Gasteiger partial charge in [-0.1, -0.05) is 11.6 Å². The number of carbonyl (C=O) groups excluding carboxylic acids is 2. The molecular weight excluding hydrogens is 374 g/mol. The Labute approximate surface area is 167 Å². The number of H-pyrrole nitrogens is 1. The Morgan fingerprint density at radius 1 is 1.21 bits per heavy atom. The highest BCUT2D eigenvalue weighted by Crippen LogP contribution is 2.24. The first-order chi connectivity index (χ1) is 13.5. The van der Waals surface area contributed by atoms with Gasteiger partial charge in [-0.3, -0.25) is 9.59 Å². The topological polar surface area (TPSA) is 90.1 Å². The van der Waals surface area contributed by atoms with Crippen molar-refractivity contribution in [1.82, 2.24) is 25.5 Å². The minimum Gasteiger partial charge on any atom is -0.351 e. The molecule has 0 radical (unpaired) electrons. The highest BCUT2D eigenvalue weighted by Gasteiger charge is 2.21. The number of aryl methyl sites for hydroxylation is 1. The van der Waals surface area contributed by atoms with E-state index in [2.05, 4.69) is 32.5 Å². The molecule has 3 aromatic rings. The van der Waals surface area contributed by atoms with E-state index >= 15 is 0 Å². The average molecular weight is 398 g/mol. The molecule has 8 heteroatoms. The van der Waals surface area contributed by atoms with Gasteiger partial charge in [0.2, 0.25) is 0 Å². The van der Waals surface area contributed by atoms with Crippen molar-refractivity contribution in [3.8, 4) is 0 Å². The molecule has 3 N–H and O–H groups in total. The fraction of sp³-hybridized carbons (Fsp3) is 0.350. The highest BCUT2D eigenvalue weighted by molar-refractivity contribution is 7.13. The molecule has 0 spiro atoms. The number of carbonyl (C=O) groups is 2. The van der Waals surface area contributed by atoms with E-state index in [4.69, 9.17) is 0 Å². The maximum Gasteiger partial charge on any atom is 0.280 e. The first-order valence-corrected chi connectivity index (χ1v) is 10.1. The normalized spacial score (nSPS) is 14.1. The van der Waals surface area contributed by atoms with Crippen molar-refractivity contribution < 1.29 is 9.59 Å². The van der Waals surface area contributed by atoms with Crippen molar-refractivity contribution in [3.05, 3.63) is 51.1 Å². The second-order valence-corrected chi connectivity index (χ2v) is 8.25. The summed E-state index contributed by atoms with van der Waals surface area (Å²) in [5.41, 5.74) is 3.64. The molecule has 2 amide bonds. The lowest BCUT2D eigenvalue weighted by Gasteiger charge is -2.20. The van der Waals surface area contributed by atoms with Gasteiger partial charge in [0.25, 0.3) is 11.8 Å². The molecule has 0 atom stereocenters. The third-order valence-electron chi connectivity index (χ3n) is 4.83. The largest absolute Gasteiger partial charge is 0.351 e. The standard InChI is InChI=1S/C20H23N5O2S/c1-12-3-4-14-13(9-12)10-16(23-14)18(26)21-6-7-22-19(27)20-24-15-5-8-25(2)11-17(15)28-20/h3-4,9-10,23H,5-8,11H2,1-2H3,(H,21,26)(H,22,27). The Kier molecular flexibility index (Phi) is 5.15. The van der Waals surface area contributed by atoms with Gasteiger partial charge >= 0.3 is 0 Å². The van der Waals surface area contributed by atoms with E-state index in [1.807, 2.05) is 31.2 Å². The number of hydrogen-bond acceptors (Lipinski definition) is 5. The SMILES string of the molecule is Cc1ccc2[nH]c(C(=O)NCCNC(=O)c3nc4c(s3)CN(C)CC4)cc2c1. The fourth-order valence-corrected chi connectivity index (χ4v) is 4.42. The highest BCUT2D eigenvalue weighted by atomic mass is 32.1. The van der Waals surface area contributed by atoms with E-state index in [0.29, 0.717) is 23.8 Å². The first kappa shape index (κ1) is 18.6. The van der Waals surface area contributed by atoms with Gasteiger partial charge in [-0.05, 0) is 32.2 Å². The van der Waals surface area contributed by atoms with Crippen LogP contribution in [-0.2, 0) is 13.0 Å². The van der Waals surface area contributed by atoms with Gasteiger partial charge in [0.15, 0.2) is 5.01 Å². The summed E-state index contributed by atoms with van der Waals surface area (Å²) in [5.74, 6) is -0.367. The predicted molar refractivity (Wildman–Crippen MR) is 110 cm³/mol. The van der Waals surface area contributed by atoms with Gasteiger partial charge in [0.05, 0.1) is 5.69 Å². The molecule has 28 heavy (non-hydrogen) atoms. The monoisotopic (exact) mass is 397 g/mol. The molecule has 4 rings (SSSR count). The summed E-state index contributed by atoms with van der Waals surface area (Å²) < 4.78 is 0. The van der Waals surface area contributed by atoms with Crippen LogP contribution in [0.15, 0.2) is 24.3 Å². The van der Waals surface area contributed by atoms with E-state index in [-0.39, 0.29) is 11.8 Å². The van der Waals surface area contributed by atoms with E-state index in [1.54, 1.807) is 0 Å². The molecular formula is C20H23N5O2S. The molecule has 3 heterocycles. The Balaban J connectivity index is 1.28. The quantitative estimate of drug-likeness (QED) is 0.575. The zero-order valence-corrected chi connectivity index (χ0v) is 16.8. The van der Waals surface area contributed by atoms with Crippen LogP contribution in [0.25, 0.3) is 10.9 Å². The van der Waals surface area contributed by atoms with Gasteiger partial charge < -0.3 is 20.5 Å². The zero-order chi connectivity index (χ0) is 19.7. The summed E-state index contributed by atoms with van der Waals surface area (Å²) >= 11 is 1.45. The van der Waals surface area contributed by atoms with Crippen LogP contribution in [0.1, 0.15) is 36.4 Å². The third kappa shape index (κ3) is 3.93. The Hall–Kier alpha value is -2.71. The van der Waals surface area contributed by atoms with Crippen LogP contribution in [0, 0.1) is 6.92 Å². The number of aromatic amines is 1. The zero-order valence-electron chi connectivity index (χ0n) is 16.0. The van der Waals surface area contributed by atoms with Crippen molar-refractivity contribution in [2.24, 2.45) is 0 Å².